The Morgan fingerprint density at radius 2 is 2.29 bits per heavy atom. The van der Waals surface area contributed by atoms with Crippen LogP contribution in [0.25, 0.3) is 0 Å². The minimum Gasteiger partial charge on any atom is -0.370 e. The highest BCUT2D eigenvalue weighted by Gasteiger charge is 2.07. The molecule has 1 amide bonds. The Kier molecular flexibility index (Phi) is 3.48. The zero-order valence-corrected chi connectivity index (χ0v) is 7.41. The van der Waals surface area contributed by atoms with E-state index in [-0.39, 0.29) is 17.6 Å². The summed E-state index contributed by atoms with van der Waals surface area (Å²) in [5, 5.41) is 15.3. The van der Waals surface area contributed by atoms with Crippen LogP contribution in [0.3, 0.4) is 0 Å². The van der Waals surface area contributed by atoms with E-state index in [4.69, 9.17) is 11.1 Å². The Labute approximate surface area is 80.1 Å². The summed E-state index contributed by atoms with van der Waals surface area (Å²) in [6, 6.07) is 1.47. The molecule has 0 atom stereocenters. The molecule has 76 valence electrons. The number of nitrogens with two attached hydrogens (primary N) is 1. The number of guanidine groups is 1. The number of carbonyl (C=O) groups excluding carboxylic acids is 1. The predicted octanol–water partition coefficient (Wildman–Crippen LogP) is -1.11. The van der Waals surface area contributed by atoms with Crippen molar-refractivity contribution >= 4 is 11.9 Å². The summed E-state index contributed by atoms with van der Waals surface area (Å²) in [5.74, 6) is -0.306. The third-order valence-corrected chi connectivity index (χ3v) is 1.39. The lowest BCUT2D eigenvalue weighted by molar-refractivity contribution is 0.0917. The zero-order chi connectivity index (χ0) is 10.4. The summed E-state index contributed by atoms with van der Waals surface area (Å²) in [6.45, 7) is 0.758. The van der Waals surface area contributed by atoms with E-state index in [0.717, 1.165) is 0 Å². The minimum absolute atomic E-state index is 0.126. The molecule has 0 spiro atoms. The average Bonchev–Trinajstić information content (AvgIpc) is 2.64. The number of carbonyl (C=O) groups is 1. The smallest absolute Gasteiger partial charge is 0.289 e. The van der Waals surface area contributed by atoms with Crippen LogP contribution in [0.1, 0.15) is 10.6 Å². The first-order valence-electron chi connectivity index (χ1n) is 3.97. The molecular formula is C7H11N5O2. The van der Waals surface area contributed by atoms with Gasteiger partial charge >= 0.3 is 0 Å². The number of rotatable bonds is 4. The van der Waals surface area contributed by atoms with Crippen LogP contribution >= 0.6 is 0 Å². The van der Waals surface area contributed by atoms with Crippen molar-refractivity contribution in [3.8, 4) is 0 Å². The molecule has 1 rings (SSSR count). The van der Waals surface area contributed by atoms with E-state index in [2.05, 4.69) is 20.3 Å². The fourth-order valence-electron chi connectivity index (χ4n) is 0.793. The Balaban J connectivity index is 2.19. The second kappa shape index (κ2) is 4.85. The summed E-state index contributed by atoms with van der Waals surface area (Å²) in [6.07, 6.45) is 1.39. The van der Waals surface area contributed by atoms with Crippen molar-refractivity contribution in [2.45, 2.75) is 0 Å². The van der Waals surface area contributed by atoms with Crippen LogP contribution < -0.4 is 16.4 Å². The van der Waals surface area contributed by atoms with Gasteiger partial charge in [0.1, 0.15) is 0 Å². The van der Waals surface area contributed by atoms with Crippen molar-refractivity contribution in [2.24, 2.45) is 5.73 Å². The van der Waals surface area contributed by atoms with E-state index < -0.39 is 0 Å². The predicted molar refractivity (Wildman–Crippen MR) is 48.8 cm³/mol. The zero-order valence-electron chi connectivity index (χ0n) is 7.41. The third-order valence-electron chi connectivity index (χ3n) is 1.39. The molecule has 0 aliphatic carbocycles. The van der Waals surface area contributed by atoms with Gasteiger partial charge in [-0.15, -0.1) is 0 Å². The summed E-state index contributed by atoms with van der Waals surface area (Å²) >= 11 is 0. The Morgan fingerprint density at radius 3 is 2.86 bits per heavy atom. The fourth-order valence-corrected chi connectivity index (χ4v) is 0.793. The molecule has 5 N–H and O–H groups in total. The van der Waals surface area contributed by atoms with Crippen molar-refractivity contribution in [1.82, 2.24) is 15.8 Å². The lowest BCUT2D eigenvalue weighted by Crippen LogP contribution is -2.37. The molecule has 1 aromatic heterocycles. The molecule has 7 heteroatoms. The van der Waals surface area contributed by atoms with Crippen LogP contribution in [0, 0.1) is 5.41 Å². The van der Waals surface area contributed by atoms with Gasteiger partial charge in [0.25, 0.3) is 5.91 Å². The quantitative estimate of drug-likeness (QED) is 0.277. The van der Waals surface area contributed by atoms with Gasteiger partial charge in [-0.05, 0) is 0 Å². The largest absolute Gasteiger partial charge is 0.370 e. The standard InChI is InChI=1S/C7H11N5O2/c8-7(9)11-4-3-10-6(13)5-1-2-12-14-5/h1-2H,3-4H2,(H,10,13)(H4,8,9,11). The molecule has 0 aromatic carbocycles. The first-order valence-corrected chi connectivity index (χ1v) is 3.97. The molecule has 0 saturated carbocycles. The SMILES string of the molecule is N=C(N)NCCNC(=O)c1ccno1. The Hall–Kier alpha value is -2.05. The van der Waals surface area contributed by atoms with E-state index in [1.54, 1.807) is 0 Å². The summed E-state index contributed by atoms with van der Waals surface area (Å²) in [7, 11) is 0. The van der Waals surface area contributed by atoms with Gasteiger partial charge in [0.15, 0.2) is 5.96 Å². The van der Waals surface area contributed by atoms with Crippen molar-refractivity contribution in [3.63, 3.8) is 0 Å². The number of hydrogen-bond acceptors (Lipinski definition) is 4. The van der Waals surface area contributed by atoms with Gasteiger partial charge in [0.05, 0.1) is 6.20 Å². The van der Waals surface area contributed by atoms with E-state index in [0.29, 0.717) is 13.1 Å². The van der Waals surface area contributed by atoms with Crippen LogP contribution in [0.5, 0.6) is 0 Å². The van der Waals surface area contributed by atoms with Crippen molar-refractivity contribution in [2.75, 3.05) is 13.1 Å². The van der Waals surface area contributed by atoms with Crippen molar-refractivity contribution < 1.29 is 9.32 Å². The molecule has 0 bridgehead atoms. The van der Waals surface area contributed by atoms with E-state index in [1.807, 2.05) is 0 Å². The Morgan fingerprint density at radius 1 is 1.57 bits per heavy atom. The van der Waals surface area contributed by atoms with Crippen molar-refractivity contribution in [1.29, 1.82) is 5.41 Å². The highest BCUT2D eigenvalue weighted by molar-refractivity contribution is 5.91. The van der Waals surface area contributed by atoms with Gasteiger partial charge in [-0.2, -0.15) is 0 Å². The van der Waals surface area contributed by atoms with Gasteiger partial charge in [-0.1, -0.05) is 5.16 Å². The minimum atomic E-state index is -0.340. The maximum absolute atomic E-state index is 11.2. The van der Waals surface area contributed by atoms with Crippen LogP contribution in [0.15, 0.2) is 16.8 Å². The number of nitrogens with one attached hydrogen (secondary N) is 3. The molecule has 0 aliphatic heterocycles. The third kappa shape index (κ3) is 3.13. The molecular weight excluding hydrogens is 186 g/mol. The van der Waals surface area contributed by atoms with Gasteiger partial charge in [-0.25, -0.2) is 0 Å². The van der Waals surface area contributed by atoms with Crippen LogP contribution in [0.2, 0.25) is 0 Å². The molecule has 0 unspecified atom stereocenters. The summed E-state index contributed by atoms with van der Waals surface area (Å²) in [4.78, 5) is 11.2. The van der Waals surface area contributed by atoms with Gasteiger partial charge in [-0.3, -0.25) is 10.2 Å². The number of nitrogens with zero attached hydrogens (tertiary/aromatic N) is 1. The molecule has 0 aliphatic rings. The first kappa shape index (κ1) is 10.0. The molecule has 14 heavy (non-hydrogen) atoms. The van der Waals surface area contributed by atoms with Crippen LogP contribution in [-0.2, 0) is 0 Å². The number of amides is 1. The molecule has 0 radical (unpaired) electrons. The normalized spacial score (nSPS) is 9.43. The monoisotopic (exact) mass is 197 g/mol. The maximum atomic E-state index is 11.2. The molecule has 0 fully saturated rings. The van der Waals surface area contributed by atoms with Crippen LogP contribution in [0.4, 0.5) is 0 Å². The van der Waals surface area contributed by atoms with Crippen molar-refractivity contribution in [3.05, 3.63) is 18.0 Å². The maximum Gasteiger partial charge on any atom is 0.289 e. The molecule has 1 heterocycles. The van der Waals surface area contributed by atoms with Gasteiger partial charge in [0.2, 0.25) is 5.76 Å². The molecule has 7 nitrogen and oxygen atoms in total. The number of aromatic nitrogens is 1. The molecule has 0 saturated heterocycles. The highest BCUT2D eigenvalue weighted by atomic mass is 16.5. The molecule has 1 aromatic rings. The Bertz CT molecular complexity index is 308. The summed E-state index contributed by atoms with van der Waals surface area (Å²) < 4.78 is 4.62. The van der Waals surface area contributed by atoms with Crippen LogP contribution in [-0.4, -0.2) is 30.1 Å². The number of hydrogen-bond donors (Lipinski definition) is 4. The topological polar surface area (TPSA) is 117 Å². The van der Waals surface area contributed by atoms with E-state index in [9.17, 15) is 4.79 Å². The first-order chi connectivity index (χ1) is 6.70. The van der Waals surface area contributed by atoms with Gasteiger partial charge < -0.3 is 20.9 Å². The lowest BCUT2D eigenvalue weighted by Gasteiger charge is -2.03. The average molecular weight is 197 g/mol. The van der Waals surface area contributed by atoms with Gasteiger partial charge in [0, 0.05) is 19.2 Å². The second-order valence-electron chi connectivity index (χ2n) is 2.47. The second-order valence-corrected chi connectivity index (χ2v) is 2.47. The fraction of sp³-hybridized carbons (Fsp3) is 0.286. The lowest BCUT2D eigenvalue weighted by atomic mass is 10.4. The summed E-state index contributed by atoms with van der Waals surface area (Å²) in [5.41, 5.74) is 5.03. The van der Waals surface area contributed by atoms with E-state index >= 15 is 0 Å². The highest BCUT2D eigenvalue weighted by Crippen LogP contribution is 1.94. The van der Waals surface area contributed by atoms with E-state index in [1.165, 1.54) is 12.3 Å².